The molecular weight excluding hydrogens is 512 g/mol. The first-order valence-electron chi connectivity index (χ1n) is 13.9. The van der Waals surface area contributed by atoms with Gasteiger partial charge in [0.15, 0.2) is 0 Å². The van der Waals surface area contributed by atoms with Gasteiger partial charge in [0, 0.05) is 46.0 Å². The lowest BCUT2D eigenvalue weighted by atomic mass is 10.0. The van der Waals surface area contributed by atoms with Gasteiger partial charge in [0.1, 0.15) is 5.75 Å². The molecule has 0 fully saturated rings. The van der Waals surface area contributed by atoms with Crippen molar-refractivity contribution in [2.75, 3.05) is 31.5 Å². The Kier molecular flexibility index (Phi) is 13.4. The fourth-order valence-electron chi connectivity index (χ4n) is 4.21. The van der Waals surface area contributed by atoms with E-state index in [1.54, 1.807) is 12.1 Å². The molecular formula is C31H47ClN4O3. The number of pyridine rings is 1. The van der Waals surface area contributed by atoms with E-state index in [9.17, 15) is 10.2 Å². The van der Waals surface area contributed by atoms with Crippen LogP contribution in [0.1, 0.15) is 71.6 Å². The smallest absolute Gasteiger partial charge is 0.121 e. The Labute approximate surface area is 239 Å². The maximum atomic E-state index is 9.97. The summed E-state index contributed by atoms with van der Waals surface area (Å²) >= 11 is 6.04. The molecule has 7 nitrogen and oxygen atoms in total. The van der Waals surface area contributed by atoms with Crippen molar-refractivity contribution in [2.45, 2.75) is 78.7 Å². The number of benzene rings is 2. The van der Waals surface area contributed by atoms with Gasteiger partial charge in [-0.3, -0.25) is 4.98 Å². The highest BCUT2D eigenvalue weighted by molar-refractivity contribution is 6.31. The lowest BCUT2D eigenvalue weighted by Gasteiger charge is -2.23. The van der Waals surface area contributed by atoms with E-state index in [4.69, 9.17) is 16.7 Å². The molecule has 0 saturated carbocycles. The minimum atomic E-state index is -0.653. The maximum Gasteiger partial charge on any atom is 0.121 e. The first-order valence-corrected chi connectivity index (χ1v) is 14.2. The van der Waals surface area contributed by atoms with Crippen LogP contribution < -0.4 is 10.6 Å². The molecule has 5 N–H and O–H groups in total. The second-order valence-corrected chi connectivity index (χ2v) is 11.4. The van der Waals surface area contributed by atoms with E-state index in [1.165, 1.54) is 19.0 Å². The molecule has 0 aliphatic carbocycles. The quantitative estimate of drug-likeness (QED) is 0.183. The van der Waals surface area contributed by atoms with Crippen molar-refractivity contribution in [2.24, 2.45) is 0 Å². The molecule has 1 heterocycles. The molecule has 0 saturated heterocycles. The molecule has 216 valence electrons. The van der Waals surface area contributed by atoms with Gasteiger partial charge in [-0.25, -0.2) is 0 Å². The Hall–Kier alpha value is -2.42. The van der Waals surface area contributed by atoms with Gasteiger partial charge in [-0.15, -0.1) is 0 Å². The number of aromatic nitrogens is 1. The van der Waals surface area contributed by atoms with Crippen LogP contribution in [0.3, 0.4) is 0 Å². The molecule has 39 heavy (non-hydrogen) atoms. The van der Waals surface area contributed by atoms with Crippen molar-refractivity contribution in [3.05, 3.63) is 64.8 Å². The number of aliphatic hydroxyl groups is 2. The summed E-state index contributed by atoms with van der Waals surface area (Å²) < 4.78 is 0. The Morgan fingerprint density at radius 2 is 1.77 bits per heavy atom. The van der Waals surface area contributed by atoms with Crippen molar-refractivity contribution in [1.82, 2.24) is 15.2 Å². The Morgan fingerprint density at radius 1 is 1.05 bits per heavy atom. The summed E-state index contributed by atoms with van der Waals surface area (Å²) in [6, 6.07) is 13.1. The summed E-state index contributed by atoms with van der Waals surface area (Å²) in [7, 11) is 0. The lowest BCUT2D eigenvalue weighted by Crippen LogP contribution is -2.38. The van der Waals surface area contributed by atoms with Crippen LogP contribution in [0.2, 0.25) is 5.02 Å². The highest BCUT2D eigenvalue weighted by atomic mass is 35.5. The Balaban J connectivity index is 0.000000283. The molecule has 2 unspecified atom stereocenters. The van der Waals surface area contributed by atoms with Crippen molar-refractivity contribution in [1.29, 1.82) is 0 Å². The Bertz CT molecular complexity index is 1150. The van der Waals surface area contributed by atoms with Gasteiger partial charge in [0.2, 0.25) is 0 Å². The van der Waals surface area contributed by atoms with Gasteiger partial charge in [-0.1, -0.05) is 31.5 Å². The number of β-amino-alcohol motifs (C(OH)–C–C–N with tert-alkyl or cyclic N) is 1. The number of hydrogen-bond acceptors (Lipinski definition) is 7. The first kappa shape index (κ1) is 32.8. The molecule has 0 amide bonds. The van der Waals surface area contributed by atoms with E-state index in [-0.39, 0.29) is 17.9 Å². The zero-order valence-electron chi connectivity index (χ0n) is 24.3. The van der Waals surface area contributed by atoms with E-state index in [1.807, 2.05) is 51.2 Å². The van der Waals surface area contributed by atoms with Gasteiger partial charge >= 0.3 is 0 Å². The van der Waals surface area contributed by atoms with Gasteiger partial charge in [0.25, 0.3) is 0 Å². The molecule has 2 aromatic carbocycles. The Morgan fingerprint density at radius 3 is 2.41 bits per heavy atom. The predicted octanol–water partition coefficient (Wildman–Crippen LogP) is 6.12. The molecule has 0 spiro atoms. The van der Waals surface area contributed by atoms with Gasteiger partial charge in [-0.2, -0.15) is 0 Å². The van der Waals surface area contributed by atoms with Crippen LogP contribution in [-0.4, -0.2) is 63.0 Å². The van der Waals surface area contributed by atoms with Crippen LogP contribution in [0.4, 0.5) is 5.69 Å². The largest absolute Gasteiger partial charge is 0.508 e. The van der Waals surface area contributed by atoms with Crippen molar-refractivity contribution < 1.29 is 15.3 Å². The summed E-state index contributed by atoms with van der Waals surface area (Å²) in [5.41, 5.74) is 3.13. The molecule has 8 heteroatoms. The molecule has 0 aliphatic rings. The molecule has 1 aromatic heterocycles. The third-order valence-electron chi connectivity index (χ3n) is 6.60. The predicted molar refractivity (Wildman–Crippen MR) is 164 cm³/mol. The average molecular weight is 559 g/mol. The number of nitrogens with zero attached hydrogens (tertiary/aromatic N) is 2. The molecule has 0 radical (unpaired) electrons. The third-order valence-corrected chi connectivity index (χ3v) is 6.83. The standard InChI is InChI=1S/C18H26ClN3.C13H21NO3/c1-4-22(5-2)12-6-7-14(3)21-17-10-11-20-18-13-15(19)8-9-16(17)18;1-13(2,3)14-7-12(17)9-4-5-11(16)10(6-9)8-15/h8-11,13-14H,4-7,12H2,1-3H3,(H,20,21);4-6,12,14-17H,7-8H2,1-3H3. The summed E-state index contributed by atoms with van der Waals surface area (Å²) in [5.74, 6) is 0.0484. The minimum absolute atomic E-state index is 0.0484. The van der Waals surface area contributed by atoms with E-state index < -0.39 is 6.10 Å². The fraction of sp³-hybridized carbons (Fsp3) is 0.516. The van der Waals surface area contributed by atoms with Crippen LogP contribution in [0.5, 0.6) is 5.75 Å². The summed E-state index contributed by atoms with van der Waals surface area (Å²) in [5, 5.41) is 37.1. The van der Waals surface area contributed by atoms with E-state index >= 15 is 0 Å². The lowest BCUT2D eigenvalue weighted by molar-refractivity contribution is 0.163. The number of nitrogens with one attached hydrogen (secondary N) is 2. The van der Waals surface area contributed by atoms with Crippen LogP contribution in [0.15, 0.2) is 48.7 Å². The van der Waals surface area contributed by atoms with Crippen molar-refractivity contribution >= 4 is 28.2 Å². The van der Waals surface area contributed by atoms with E-state index in [2.05, 4.69) is 41.3 Å². The topological polar surface area (TPSA) is 101 Å². The first-order chi connectivity index (χ1) is 18.5. The number of anilines is 1. The second-order valence-electron chi connectivity index (χ2n) is 10.9. The van der Waals surface area contributed by atoms with Crippen LogP contribution in [-0.2, 0) is 6.61 Å². The minimum Gasteiger partial charge on any atom is -0.508 e. The monoisotopic (exact) mass is 558 g/mol. The zero-order chi connectivity index (χ0) is 29.0. The molecule has 2 atom stereocenters. The molecule has 3 rings (SSSR count). The number of fused-ring (bicyclic) bond motifs is 1. The van der Waals surface area contributed by atoms with E-state index in [0.717, 1.165) is 41.1 Å². The van der Waals surface area contributed by atoms with Gasteiger partial charge < -0.3 is 30.9 Å². The average Bonchev–Trinajstić information content (AvgIpc) is 2.90. The van der Waals surface area contributed by atoms with Crippen LogP contribution in [0.25, 0.3) is 10.9 Å². The highest BCUT2D eigenvalue weighted by Gasteiger charge is 2.14. The van der Waals surface area contributed by atoms with Gasteiger partial charge in [0.05, 0.1) is 18.2 Å². The molecule has 0 bridgehead atoms. The van der Waals surface area contributed by atoms with Gasteiger partial charge in [-0.05, 0) is 102 Å². The number of phenols is 1. The number of aromatic hydroxyl groups is 1. The highest BCUT2D eigenvalue weighted by Crippen LogP contribution is 2.25. The van der Waals surface area contributed by atoms with Crippen LogP contribution in [0, 0.1) is 0 Å². The summed E-state index contributed by atoms with van der Waals surface area (Å²) in [6.45, 7) is 16.4. The van der Waals surface area contributed by atoms with Crippen molar-refractivity contribution in [3.63, 3.8) is 0 Å². The molecule has 0 aliphatic heterocycles. The number of rotatable bonds is 12. The second kappa shape index (κ2) is 16.0. The fourth-order valence-corrected chi connectivity index (χ4v) is 4.37. The number of hydrogen-bond donors (Lipinski definition) is 5. The summed E-state index contributed by atoms with van der Waals surface area (Å²) in [4.78, 5) is 6.86. The SMILES string of the molecule is CC(C)(C)NCC(O)c1ccc(O)c(CO)c1.CCN(CC)CCCC(C)Nc1ccnc2cc(Cl)ccc12. The van der Waals surface area contributed by atoms with E-state index in [0.29, 0.717) is 23.7 Å². The molecule has 3 aromatic rings. The number of aliphatic hydroxyl groups excluding tert-OH is 2. The maximum absolute atomic E-state index is 9.97. The number of halogens is 1. The van der Waals surface area contributed by atoms with Crippen molar-refractivity contribution in [3.8, 4) is 5.75 Å². The van der Waals surface area contributed by atoms with Crippen LogP contribution >= 0.6 is 11.6 Å². The zero-order valence-corrected chi connectivity index (χ0v) is 25.1. The normalized spacial score (nSPS) is 13.2. The summed E-state index contributed by atoms with van der Waals surface area (Å²) in [6.07, 6.45) is 3.56. The third kappa shape index (κ3) is 11.3.